The highest BCUT2D eigenvalue weighted by Crippen LogP contribution is 2.31. The number of rotatable bonds is 5. The minimum atomic E-state index is -0.952. The second kappa shape index (κ2) is 5.42. The van der Waals surface area contributed by atoms with E-state index in [2.05, 4.69) is 4.90 Å². The summed E-state index contributed by atoms with van der Waals surface area (Å²) in [7, 11) is 3.26. The van der Waals surface area contributed by atoms with Crippen molar-refractivity contribution in [2.75, 3.05) is 32.2 Å². The first kappa shape index (κ1) is 13.6. The first-order valence-electron chi connectivity index (χ1n) is 5.95. The van der Waals surface area contributed by atoms with Crippen LogP contribution >= 0.6 is 0 Å². The van der Waals surface area contributed by atoms with Gasteiger partial charge in [-0.1, -0.05) is 12.1 Å². The van der Waals surface area contributed by atoms with Crippen molar-refractivity contribution in [1.82, 2.24) is 0 Å². The van der Waals surface area contributed by atoms with E-state index < -0.39 is 11.8 Å². The van der Waals surface area contributed by atoms with Crippen LogP contribution in [0.15, 0.2) is 30.3 Å². The Balaban J connectivity index is 2.07. The van der Waals surface area contributed by atoms with Crippen LogP contribution in [0.4, 0.5) is 5.69 Å². The lowest BCUT2D eigenvalue weighted by molar-refractivity contribution is -0.219. The van der Waals surface area contributed by atoms with Gasteiger partial charge in [0.1, 0.15) is 0 Å². The molecule has 0 radical (unpaired) electrons. The summed E-state index contributed by atoms with van der Waals surface area (Å²) in [5, 5.41) is 8.61. The van der Waals surface area contributed by atoms with Gasteiger partial charge in [-0.25, -0.2) is 4.79 Å². The predicted molar refractivity (Wildman–Crippen MR) is 72.1 cm³/mol. The zero-order chi connectivity index (χ0) is 13.9. The molecule has 102 valence electrons. The zero-order valence-corrected chi connectivity index (χ0v) is 11.0. The van der Waals surface area contributed by atoms with E-state index in [9.17, 15) is 4.79 Å². The Hall–Kier alpha value is -1.85. The van der Waals surface area contributed by atoms with Crippen LogP contribution in [-0.2, 0) is 14.3 Å². The number of aliphatic carboxylic acids is 1. The van der Waals surface area contributed by atoms with Crippen molar-refractivity contribution >= 4 is 17.7 Å². The summed E-state index contributed by atoms with van der Waals surface area (Å²) < 4.78 is 10.7. The average Bonchev–Trinajstić information content (AvgIpc) is 2.37. The molecule has 1 aliphatic rings. The van der Waals surface area contributed by atoms with Gasteiger partial charge in [-0.15, -0.1) is 0 Å². The summed E-state index contributed by atoms with van der Waals surface area (Å²) in [6, 6.07) is 7.68. The Morgan fingerprint density at radius 2 is 2.05 bits per heavy atom. The third-order valence-corrected chi connectivity index (χ3v) is 3.26. The molecule has 1 heterocycles. The molecule has 0 atom stereocenters. The summed E-state index contributed by atoms with van der Waals surface area (Å²) in [6.07, 6.45) is 2.70. The lowest BCUT2D eigenvalue weighted by atomic mass is 10.0. The summed E-state index contributed by atoms with van der Waals surface area (Å²) in [5.41, 5.74) is 1.88. The van der Waals surface area contributed by atoms with Gasteiger partial charge in [0.2, 0.25) is 5.79 Å². The number of carboxylic acid groups (broad SMARTS) is 1. The van der Waals surface area contributed by atoms with Crippen molar-refractivity contribution in [1.29, 1.82) is 0 Å². The van der Waals surface area contributed by atoms with Crippen molar-refractivity contribution in [3.05, 3.63) is 35.9 Å². The van der Waals surface area contributed by atoms with E-state index in [0.29, 0.717) is 13.1 Å². The van der Waals surface area contributed by atoms with Crippen molar-refractivity contribution < 1.29 is 19.4 Å². The molecule has 1 saturated heterocycles. The molecule has 0 amide bonds. The fourth-order valence-corrected chi connectivity index (χ4v) is 2.05. The Morgan fingerprint density at radius 1 is 1.37 bits per heavy atom. The lowest BCUT2D eigenvalue weighted by Gasteiger charge is -2.48. The maximum Gasteiger partial charge on any atom is 0.328 e. The molecule has 1 aromatic carbocycles. The highest BCUT2D eigenvalue weighted by atomic mass is 16.7. The van der Waals surface area contributed by atoms with Crippen molar-refractivity contribution in [2.24, 2.45) is 0 Å². The van der Waals surface area contributed by atoms with Gasteiger partial charge in [0.05, 0.1) is 13.1 Å². The van der Waals surface area contributed by atoms with E-state index in [1.54, 1.807) is 20.3 Å². The van der Waals surface area contributed by atoms with E-state index in [0.717, 1.165) is 17.3 Å². The highest BCUT2D eigenvalue weighted by Gasteiger charge is 2.43. The molecule has 1 aliphatic heterocycles. The summed E-state index contributed by atoms with van der Waals surface area (Å²) in [4.78, 5) is 12.6. The van der Waals surface area contributed by atoms with Gasteiger partial charge in [0.25, 0.3) is 0 Å². The Kier molecular flexibility index (Phi) is 3.87. The third kappa shape index (κ3) is 2.94. The van der Waals surface area contributed by atoms with Gasteiger partial charge in [0, 0.05) is 26.0 Å². The van der Waals surface area contributed by atoms with Gasteiger partial charge >= 0.3 is 5.97 Å². The first-order chi connectivity index (χ1) is 9.08. The molecule has 0 spiro atoms. The maximum atomic E-state index is 10.5. The van der Waals surface area contributed by atoms with Gasteiger partial charge in [-0.05, 0) is 23.8 Å². The van der Waals surface area contributed by atoms with Crippen LogP contribution in [0.25, 0.3) is 6.08 Å². The lowest BCUT2D eigenvalue weighted by Crippen LogP contribution is -2.64. The van der Waals surface area contributed by atoms with E-state index in [1.807, 2.05) is 24.3 Å². The summed E-state index contributed by atoms with van der Waals surface area (Å²) in [6.45, 7) is 1.32. The van der Waals surface area contributed by atoms with Crippen LogP contribution in [0.1, 0.15) is 5.56 Å². The first-order valence-corrected chi connectivity index (χ1v) is 5.95. The molecular weight excluding hydrogens is 246 g/mol. The molecule has 2 rings (SSSR count). The molecule has 0 aliphatic carbocycles. The maximum absolute atomic E-state index is 10.5. The van der Waals surface area contributed by atoms with Crippen molar-refractivity contribution in [2.45, 2.75) is 5.79 Å². The second-order valence-electron chi connectivity index (χ2n) is 4.44. The van der Waals surface area contributed by atoms with Crippen LogP contribution < -0.4 is 4.90 Å². The number of hydrogen-bond donors (Lipinski definition) is 1. The Labute approximate surface area is 112 Å². The number of anilines is 1. The molecule has 19 heavy (non-hydrogen) atoms. The predicted octanol–water partition coefficient (Wildman–Crippen LogP) is 1.59. The molecule has 1 fully saturated rings. The number of carboxylic acids is 1. The highest BCUT2D eigenvalue weighted by molar-refractivity contribution is 5.85. The fourth-order valence-electron chi connectivity index (χ4n) is 2.05. The van der Waals surface area contributed by atoms with E-state index in [1.165, 1.54) is 0 Å². The number of hydrogen-bond acceptors (Lipinski definition) is 4. The van der Waals surface area contributed by atoms with Gasteiger partial charge in [-0.3, -0.25) is 0 Å². The van der Waals surface area contributed by atoms with Crippen molar-refractivity contribution in [3.8, 4) is 0 Å². The van der Waals surface area contributed by atoms with E-state index in [-0.39, 0.29) is 0 Å². The van der Waals surface area contributed by atoms with Crippen LogP contribution in [-0.4, -0.2) is 44.2 Å². The number of ether oxygens (including phenoxy) is 2. The second-order valence-corrected chi connectivity index (χ2v) is 4.44. The average molecular weight is 263 g/mol. The van der Waals surface area contributed by atoms with Crippen molar-refractivity contribution in [3.63, 3.8) is 0 Å². The van der Waals surface area contributed by atoms with Gasteiger partial charge in [-0.2, -0.15) is 0 Å². The number of methoxy groups -OCH3 is 2. The van der Waals surface area contributed by atoms with Crippen LogP contribution in [0, 0.1) is 0 Å². The largest absolute Gasteiger partial charge is 0.478 e. The monoisotopic (exact) mass is 263 g/mol. The van der Waals surface area contributed by atoms with Crippen LogP contribution in [0.3, 0.4) is 0 Å². The molecule has 5 heteroatoms. The third-order valence-electron chi connectivity index (χ3n) is 3.26. The zero-order valence-electron chi connectivity index (χ0n) is 11.0. The molecule has 0 aromatic heterocycles. The molecule has 0 bridgehead atoms. The smallest absolute Gasteiger partial charge is 0.328 e. The number of benzene rings is 1. The summed E-state index contributed by atoms with van der Waals surface area (Å²) in [5.74, 6) is -1.47. The minimum Gasteiger partial charge on any atom is -0.478 e. The molecule has 1 N–H and O–H groups in total. The van der Waals surface area contributed by atoms with E-state index in [4.69, 9.17) is 14.6 Å². The molecule has 5 nitrogen and oxygen atoms in total. The molecule has 1 aromatic rings. The van der Waals surface area contributed by atoms with Gasteiger partial charge < -0.3 is 19.5 Å². The molecular formula is C14H17NO4. The number of carbonyl (C=O) groups is 1. The standard InChI is InChI=1S/C14H17NO4/c1-18-14(19-2)9-15(10-14)12-5-3-4-11(8-12)6-7-13(16)17/h3-8H,9-10H2,1-2H3,(H,16,17)/b7-6+. The quantitative estimate of drug-likeness (QED) is 0.646. The minimum absolute atomic E-state index is 0.521. The van der Waals surface area contributed by atoms with Gasteiger partial charge in [0.15, 0.2) is 0 Å². The fraction of sp³-hybridized carbons (Fsp3) is 0.357. The SMILES string of the molecule is COC1(OC)CN(c2cccc(/C=C/C(=O)O)c2)C1. The normalized spacial score (nSPS) is 17.5. The Morgan fingerprint density at radius 3 is 2.63 bits per heavy atom. The molecule has 0 saturated carbocycles. The summed E-state index contributed by atoms with van der Waals surface area (Å²) >= 11 is 0. The Bertz CT molecular complexity index is 486. The topological polar surface area (TPSA) is 59.0 Å². The number of nitrogens with zero attached hydrogens (tertiary/aromatic N) is 1. The van der Waals surface area contributed by atoms with Crippen LogP contribution in [0.5, 0.6) is 0 Å². The molecule has 0 unspecified atom stereocenters. The van der Waals surface area contributed by atoms with Crippen LogP contribution in [0.2, 0.25) is 0 Å². The van der Waals surface area contributed by atoms with E-state index >= 15 is 0 Å².